The van der Waals surface area contributed by atoms with Crippen molar-refractivity contribution in [2.45, 2.75) is 19.3 Å². The SMILES string of the molecule is CCC(c1ccccc1)c1ccc(O)cc1. The number of aromatic hydroxyl groups is 1. The standard InChI is InChI=1S/C15H16O/c1-2-15(12-6-4-3-5-7-12)13-8-10-14(16)11-9-13/h3-11,15-16H,2H2,1H3. The zero-order chi connectivity index (χ0) is 11.4. The summed E-state index contributed by atoms with van der Waals surface area (Å²) in [7, 11) is 0. The highest BCUT2D eigenvalue weighted by Crippen LogP contribution is 2.28. The van der Waals surface area contributed by atoms with E-state index in [1.807, 2.05) is 18.2 Å². The van der Waals surface area contributed by atoms with E-state index in [9.17, 15) is 5.11 Å². The molecule has 1 unspecified atom stereocenters. The Morgan fingerprint density at radius 3 is 2.00 bits per heavy atom. The molecule has 0 radical (unpaired) electrons. The van der Waals surface area contributed by atoms with Gasteiger partial charge in [0.05, 0.1) is 0 Å². The number of hydrogen-bond acceptors (Lipinski definition) is 1. The first-order valence-electron chi connectivity index (χ1n) is 5.65. The Hall–Kier alpha value is -1.76. The Labute approximate surface area is 96.4 Å². The van der Waals surface area contributed by atoms with Crippen LogP contribution in [0.25, 0.3) is 0 Å². The van der Waals surface area contributed by atoms with Gasteiger partial charge in [-0.05, 0) is 29.7 Å². The number of rotatable bonds is 3. The van der Waals surface area contributed by atoms with E-state index >= 15 is 0 Å². The predicted octanol–water partition coefficient (Wildman–Crippen LogP) is 3.93. The fraction of sp³-hybridized carbons (Fsp3) is 0.200. The van der Waals surface area contributed by atoms with Crippen molar-refractivity contribution in [2.24, 2.45) is 0 Å². The molecule has 0 aliphatic carbocycles. The minimum Gasteiger partial charge on any atom is -0.508 e. The van der Waals surface area contributed by atoms with E-state index in [1.54, 1.807) is 12.1 Å². The first-order chi connectivity index (χ1) is 7.81. The molecule has 2 rings (SSSR count). The van der Waals surface area contributed by atoms with Gasteiger partial charge in [-0.2, -0.15) is 0 Å². The van der Waals surface area contributed by atoms with E-state index in [4.69, 9.17) is 0 Å². The van der Waals surface area contributed by atoms with Gasteiger partial charge in [0, 0.05) is 5.92 Å². The van der Waals surface area contributed by atoms with Gasteiger partial charge in [0.1, 0.15) is 5.75 Å². The summed E-state index contributed by atoms with van der Waals surface area (Å²) in [5.41, 5.74) is 2.59. The van der Waals surface area contributed by atoms with Crippen LogP contribution in [0.15, 0.2) is 54.6 Å². The summed E-state index contributed by atoms with van der Waals surface area (Å²) in [4.78, 5) is 0. The van der Waals surface area contributed by atoms with Crippen molar-refractivity contribution in [1.82, 2.24) is 0 Å². The van der Waals surface area contributed by atoms with Gasteiger partial charge in [-0.25, -0.2) is 0 Å². The van der Waals surface area contributed by atoms with Crippen molar-refractivity contribution in [3.8, 4) is 5.75 Å². The molecule has 82 valence electrons. The zero-order valence-corrected chi connectivity index (χ0v) is 9.43. The Morgan fingerprint density at radius 1 is 0.875 bits per heavy atom. The molecule has 0 fully saturated rings. The fourth-order valence-corrected chi connectivity index (χ4v) is 2.06. The Kier molecular flexibility index (Phi) is 3.25. The minimum absolute atomic E-state index is 0.326. The van der Waals surface area contributed by atoms with Crippen molar-refractivity contribution >= 4 is 0 Å². The van der Waals surface area contributed by atoms with E-state index in [1.165, 1.54) is 11.1 Å². The molecule has 0 amide bonds. The van der Waals surface area contributed by atoms with E-state index in [0.717, 1.165) is 6.42 Å². The number of hydrogen-bond donors (Lipinski definition) is 1. The second-order valence-corrected chi connectivity index (χ2v) is 3.96. The summed E-state index contributed by atoms with van der Waals surface area (Å²) in [5, 5.41) is 9.28. The second kappa shape index (κ2) is 4.84. The zero-order valence-electron chi connectivity index (χ0n) is 9.43. The molecule has 1 atom stereocenters. The molecule has 1 heteroatoms. The largest absolute Gasteiger partial charge is 0.508 e. The van der Waals surface area contributed by atoms with Crippen LogP contribution in [0.5, 0.6) is 5.75 Å². The third kappa shape index (κ3) is 2.25. The van der Waals surface area contributed by atoms with Crippen LogP contribution in [0, 0.1) is 0 Å². The Bertz CT molecular complexity index is 431. The van der Waals surface area contributed by atoms with Gasteiger partial charge in [-0.15, -0.1) is 0 Å². The first-order valence-corrected chi connectivity index (χ1v) is 5.65. The Balaban J connectivity index is 2.33. The van der Waals surface area contributed by atoms with Gasteiger partial charge in [0.2, 0.25) is 0 Å². The van der Waals surface area contributed by atoms with Gasteiger partial charge >= 0.3 is 0 Å². The normalized spacial score (nSPS) is 12.3. The molecule has 1 N–H and O–H groups in total. The van der Waals surface area contributed by atoms with Gasteiger partial charge in [-0.3, -0.25) is 0 Å². The van der Waals surface area contributed by atoms with Crippen LogP contribution < -0.4 is 0 Å². The molecule has 0 aliphatic heterocycles. The number of benzene rings is 2. The van der Waals surface area contributed by atoms with Crippen LogP contribution in [-0.2, 0) is 0 Å². The van der Waals surface area contributed by atoms with Gasteiger partial charge in [0.25, 0.3) is 0 Å². The predicted molar refractivity (Wildman–Crippen MR) is 66.7 cm³/mol. The Morgan fingerprint density at radius 2 is 1.44 bits per heavy atom. The lowest BCUT2D eigenvalue weighted by Gasteiger charge is -2.15. The highest BCUT2D eigenvalue weighted by atomic mass is 16.3. The molecule has 0 saturated carbocycles. The highest BCUT2D eigenvalue weighted by molar-refractivity contribution is 5.35. The van der Waals surface area contributed by atoms with Gasteiger partial charge in [-0.1, -0.05) is 49.4 Å². The summed E-state index contributed by atoms with van der Waals surface area (Å²) in [6.45, 7) is 2.19. The topological polar surface area (TPSA) is 20.2 Å². The molecule has 0 saturated heterocycles. The van der Waals surface area contributed by atoms with E-state index < -0.39 is 0 Å². The van der Waals surface area contributed by atoms with Crippen molar-refractivity contribution in [3.63, 3.8) is 0 Å². The summed E-state index contributed by atoms with van der Waals surface area (Å²) < 4.78 is 0. The molecule has 2 aromatic rings. The van der Waals surface area contributed by atoms with Crippen molar-refractivity contribution in [1.29, 1.82) is 0 Å². The summed E-state index contributed by atoms with van der Waals surface area (Å²) in [5.74, 6) is 0.744. The molecular weight excluding hydrogens is 196 g/mol. The van der Waals surface area contributed by atoms with Crippen LogP contribution in [0.3, 0.4) is 0 Å². The second-order valence-electron chi connectivity index (χ2n) is 3.96. The van der Waals surface area contributed by atoms with Crippen LogP contribution in [-0.4, -0.2) is 5.11 Å². The monoisotopic (exact) mass is 212 g/mol. The maximum atomic E-state index is 9.28. The minimum atomic E-state index is 0.326. The van der Waals surface area contributed by atoms with E-state index in [0.29, 0.717) is 11.7 Å². The average Bonchev–Trinajstić information content (AvgIpc) is 2.34. The molecule has 16 heavy (non-hydrogen) atoms. The van der Waals surface area contributed by atoms with E-state index in [2.05, 4.69) is 31.2 Å². The molecule has 2 aromatic carbocycles. The lowest BCUT2D eigenvalue weighted by molar-refractivity contribution is 0.475. The highest BCUT2D eigenvalue weighted by Gasteiger charge is 2.10. The van der Waals surface area contributed by atoms with Crippen molar-refractivity contribution in [2.75, 3.05) is 0 Å². The van der Waals surface area contributed by atoms with Crippen LogP contribution in [0.4, 0.5) is 0 Å². The lowest BCUT2D eigenvalue weighted by Crippen LogP contribution is -1.98. The molecule has 0 bridgehead atoms. The van der Waals surface area contributed by atoms with Crippen LogP contribution in [0.1, 0.15) is 30.4 Å². The van der Waals surface area contributed by atoms with Crippen LogP contribution in [0.2, 0.25) is 0 Å². The lowest BCUT2D eigenvalue weighted by atomic mass is 9.89. The number of phenols is 1. The summed E-state index contributed by atoms with van der Waals surface area (Å²) >= 11 is 0. The van der Waals surface area contributed by atoms with E-state index in [-0.39, 0.29) is 0 Å². The third-order valence-electron chi connectivity index (χ3n) is 2.91. The third-order valence-corrected chi connectivity index (χ3v) is 2.91. The van der Waals surface area contributed by atoms with Crippen molar-refractivity contribution < 1.29 is 5.11 Å². The summed E-state index contributed by atoms with van der Waals surface area (Å²) in [6.07, 6.45) is 1.06. The molecule has 0 heterocycles. The van der Waals surface area contributed by atoms with Gasteiger partial charge in [0.15, 0.2) is 0 Å². The molecule has 1 nitrogen and oxygen atoms in total. The van der Waals surface area contributed by atoms with Crippen LogP contribution >= 0.6 is 0 Å². The molecule has 0 aromatic heterocycles. The average molecular weight is 212 g/mol. The quantitative estimate of drug-likeness (QED) is 0.817. The maximum Gasteiger partial charge on any atom is 0.115 e. The molecule has 0 aliphatic rings. The summed E-state index contributed by atoms with van der Waals surface area (Å²) in [6, 6.07) is 18.0. The molecular formula is C15H16O. The first kappa shape index (κ1) is 10.7. The maximum absolute atomic E-state index is 9.28. The number of phenolic OH excluding ortho intramolecular Hbond substituents is 1. The van der Waals surface area contributed by atoms with Crippen molar-refractivity contribution in [3.05, 3.63) is 65.7 Å². The fourth-order valence-electron chi connectivity index (χ4n) is 2.06. The molecule has 0 spiro atoms. The smallest absolute Gasteiger partial charge is 0.115 e. The van der Waals surface area contributed by atoms with Gasteiger partial charge < -0.3 is 5.11 Å².